The van der Waals surface area contributed by atoms with Crippen LogP contribution >= 0.6 is 0 Å². The molecule has 0 heterocycles. The summed E-state index contributed by atoms with van der Waals surface area (Å²) >= 11 is 0. The molecule has 3 heteroatoms. The quantitative estimate of drug-likeness (QED) is 0.790. The van der Waals surface area contributed by atoms with Gasteiger partial charge in [0, 0.05) is 51.0 Å². The lowest BCUT2D eigenvalue weighted by atomic mass is 10.1. The molecule has 0 aliphatic rings. The minimum Gasteiger partial charge on any atom is -0.378 e. The molecule has 0 aliphatic heterocycles. The van der Waals surface area contributed by atoms with Gasteiger partial charge in [0.25, 0.3) is 0 Å². The Bertz CT molecular complexity index is 387. The lowest BCUT2D eigenvalue weighted by molar-refractivity contribution is 0.174. The molecule has 1 aromatic carbocycles. The first-order chi connectivity index (χ1) is 9.82. The molecule has 1 atom stereocenters. The van der Waals surface area contributed by atoms with Crippen molar-refractivity contribution in [3.63, 3.8) is 0 Å². The van der Waals surface area contributed by atoms with Crippen molar-refractivity contribution in [2.24, 2.45) is 0 Å². The zero-order chi connectivity index (χ0) is 16.0. The molecular weight excluding hydrogens is 258 g/mol. The Morgan fingerprint density at radius 1 is 0.905 bits per heavy atom. The van der Waals surface area contributed by atoms with Gasteiger partial charge in [-0.2, -0.15) is 0 Å². The van der Waals surface area contributed by atoms with Crippen molar-refractivity contribution in [2.45, 2.75) is 52.7 Å². The van der Waals surface area contributed by atoms with E-state index < -0.39 is 0 Å². The molecule has 0 saturated heterocycles. The largest absolute Gasteiger partial charge is 0.378 e. The highest BCUT2D eigenvalue weighted by Gasteiger charge is 2.13. The van der Waals surface area contributed by atoms with Crippen LogP contribution in [0.4, 0.5) is 5.69 Å². The monoisotopic (exact) mass is 291 g/mol. The van der Waals surface area contributed by atoms with Crippen LogP contribution in [0.1, 0.15) is 46.2 Å². The van der Waals surface area contributed by atoms with Gasteiger partial charge < -0.3 is 10.2 Å². The van der Waals surface area contributed by atoms with Gasteiger partial charge in [-0.15, -0.1) is 0 Å². The van der Waals surface area contributed by atoms with E-state index in [0.717, 1.165) is 13.1 Å². The molecule has 3 nitrogen and oxygen atoms in total. The van der Waals surface area contributed by atoms with Gasteiger partial charge in [-0.25, -0.2) is 0 Å². The van der Waals surface area contributed by atoms with Crippen LogP contribution in [0.2, 0.25) is 0 Å². The van der Waals surface area contributed by atoms with Gasteiger partial charge in [-0.1, -0.05) is 12.1 Å². The fraction of sp³-hybridized carbons (Fsp3) is 0.667. The third-order valence-corrected chi connectivity index (χ3v) is 4.06. The standard InChI is InChI=1S/C18H33N3/c1-14(2)21(15(3)4)13-12-19-16(5)17-8-10-18(11-9-17)20(6)7/h8-11,14-16,19H,12-13H2,1-7H3. The molecule has 21 heavy (non-hydrogen) atoms. The Labute approximate surface area is 131 Å². The zero-order valence-corrected chi connectivity index (χ0v) is 14.9. The first-order valence-corrected chi connectivity index (χ1v) is 8.09. The maximum Gasteiger partial charge on any atom is 0.0361 e. The van der Waals surface area contributed by atoms with Crippen molar-refractivity contribution in [3.8, 4) is 0 Å². The Balaban J connectivity index is 2.48. The van der Waals surface area contributed by atoms with Crippen molar-refractivity contribution in [1.82, 2.24) is 10.2 Å². The van der Waals surface area contributed by atoms with Crippen LogP contribution in [0.3, 0.4) is 0 Å². The van der Waals surface area contributed by atoms with Crippen molar-refractivity contribution in [2.75, 3.05) is 32.1 Å². The number of nitrogens with zero attached hydrogens (tertiary/aromatic N) is 2. The summed E-state index contributed by atoms with van der Waals surface area (Å²) in [5, 5.41) is 3.63. The molecule has 0 aliphatic carbocycles. The molecule has 0 saturated carbocycles. The number of rotatable bonds is 8. The molecule has 0 aromatic heterocycles. The van der Waals surface area contributed by atoms with E-state index in [0.29, 0.717) is 18.1 Å². The highest BCUT2D eigenvalue weighted by Crippen LogP contribution is 2.17. The Morgan fingerprint density at radius 2 is 1.43 bits per heavy atom. The van der Waals surface area contributed by atoms with Gasteiger partial charge in [0.1, 0.15) is 0 Å². The van der Waals surface area contributed by atoms with E-state index in [9.17, 15) is 0 Å². The van der Waals surface area contributed by atoms with Crippen LogP contribution in [0.25, 0.3) is 0 Å². The first kappa shape index (κ1) is 18.0. The van der Waals surface area contributed by atoms with E-state index >= 15 is 0 Å². The van der Waals surface area contributed by atoms with E-state index in [2.05, 4.69) is 88.1 Å². The lowest BCUT2D eigenvalue weighted by Gasteiger charge is -2.31. The fourth-order valence-electron chi connectivity index (χ4n) is 2.70. The summed E-state index contributed by atoms with van der Waals surface area (Å²) in [5.74, 6) is 0. The maximum atomic E-state index is 3.63. The molecular formula is C18H33N3. The molecule has 1 aromatic rings. The van der Waals surface area contributed by atoms with Crippen LogP contribution < -0.4 is 10.2 Å². The maximum absolute atomic E-state index is 3.63. The topological polar surface area (TPSA) is 18.5 Å². The summed E-state index contributed by atoms with van der Waals surface area (Å²) in [7, 11) is 4.15. The van der Waals surface area contributed by atoms with Crippen molar-refractivity contribution in [3.05, 3.63) is 29.8 Å². The summed E-state index contributed by atoms with van der Waals surface area (Å²) in [5.41, 5.74) is 2.60. The summed E-state index contributed by atoms with van der Waals surface area (Å²) in [6, 6.07) is 10.4. The van der Waals surface area contributed by atoms with Crippen LogP contribution in [-0.2, 0) is 0 Å². The third kappa shape index (κ3) is 5.68. The van der Waals surface area contributed by atoms with E-state index in [-0.39, 0.29) is 0 Å². The van der Waals surface area contributed by atoms with Crippen LogP contribution in [-0.4, -0.2) is 44.2 Å². The van der Waals surface area contributed by atoms with Gasteiger partial charge >= 0.3 is 0 Å². The summed E-state index contributed by atoms with van der Waals surface area (Å²) in [6.45, 7) is 13.4. The molecule has 120 valence electrons. The molecule has 0 amide bonds. The molecule has 0 radical (unpaired) electrons. The Hall–Kier alpha value is -1.06. The molecule has 0 fully saturated rings. The summed E-state index contributed by atoms with van der Waals surface area (Å²) in [4.78, 5) is 4.65. The number of anilines is 1. The van der Waals surface area contributed by atoms with Gasteiger partial charge in [0.15, 0.2) is 0 Å². The SMILES string of the molecule is CC(NCCN(C(C)C)C(C)C)c1ccc(N(C)C)cc1. The zero-order valence-electron chi connectivity index (χ0n) is 14.9. The molecule has 1 N–H and O–H groups in total. The Morgan fingerprint density at radius 3 is 1.86 bits per heavy atom. The van der Waals surface area contributed by atoms with Crippen molar-refractivity contribution >= 4 is 5.69 Å². The van der Waals surface area contributed by atoms with E-state index in [4.69, 9.17) is 0 Å². The Kier molecular flexibility index (Phi) is 7.20. The normalized spacial score (nSPS) is 13.2. The van der Waals surface area contributed by atoms with E-state index in [1.165, 1.54) is 11.3 Å². The second kappa shape index (κ2) is 8.40. The molecule has 1 unspecified atom stereocenters. The smallest absolute Gasteiger partial charge is 0.0361 e. The number of hydrogen-bond acceptors (Lipinski definition) is 3. The average Bonchev–Trinajstić information content (AvgIpc) is 2.42. The van der Waals surface area contributed by atoms with Gasteiger partial charge in [-0.3, -0.25) is 4.90 Å². The fourth-order valence-corrected chi connectivity index (χ4v) is 2.70. The van der Waals surface area contributed by atoms with Gasteiger partial charge in [0.05, 0.1) is 0 Å². The van der Waals surface area contributed by atoms with Crippen molar-refractivity contribution in [1.29, 1.82) is 0 Å². The second-order valence-electron chi connectivity index (χ2n) is 6.59. The highest BCUT2D eigenvalue weighted by molar-refractivity contribution is 5.46. The first-order valence-electron chi connectivity index (χ1n) is 8.09. The number of benzene rings is 1. The highest BCUT2D eigenvalue weighted by atomic mass is 15.2. The number of hydrogen-bond donors (Lipinski definition) is 1. The van der Waals surface area contributed by atoms with E-state index in [1.54, 1.807) is 0 Å². The van der Waals surface area contributed by atoms with Crippen LogP contribution in [0.15, 0.2) is 24.3 Å². The van der Waals surface area contributed by atoms with Gasteiger partial charge in [0.2, 0.25) is 0 Å². The number of nitrogens with one attached hydrogen (secondary N) is 1. The van der Waals surface area contributed by atoms with Crippen molar-refractivity contribution < 1.29 is 0 Å². The minimum atomic E-state index is 0.391. The van der Waals surface area contributed by atoms with Crippen LogP contribution in [0.5, 0.6) is 0 Å². The molecule has 1 rings (SSSR count). The third-order valence-electron chi connectivity index (χ3n) is 4.06. The van der Waals surface area contributed by atoms with Gasteiger partial charge in [-0.05, 0) is 52.3 Å². The van der Waals surface area contributed by atoms with E-state index in [1.807, 2.05) is 0 Å². The summed E-state index contributed by atoms with van der Waals surface area (Å²) < 4.78 is 0. The minimum absolute atomic E-state index is 0.391. The predicted octanol–water partition coefficient (Wildman–Crippen LogP) is 3.52. The second-order valence-corrected chi connectivity index (χ2v) is 6.59. The average molecular weight is 291 g/mol. The van der Waals surface area contributed by atoms with Crippen LogP contribution in [0, 0.1) is 0 Å². The molecule has 0 spiro atoms. The molecule has 0 bridgehead atoms. The predicted molar refractivity (Wildman–Crippen MR) is 94.2 cm³/mol. The lowest BCUT2D eigenvalue weighted by Crippen LogP contribution is -2.41. The summed E-state index contributed by atoms with van der Waals surface area (Å²) in [6.07, 6.45) is 0.